The van der Waals surface area contributed by atoms with Crippen molar-refractivity contribution in [3.63, 3.8) is 0 Å². The third-order valence-corrected chi connectivity index (χ3v) is 3.11. The lowest BCUT2D eigenvalue weighted by Gasteiger charge is -1.96. The summed E-state index contributed by atoms with van der Waals surface area (Å²) in [5, 5.41) is 26.7. The van der Waals surface area contributed by atoms with E-state index in [-0.39, 0.29) is 11.5 Å². The molecule has 0 aliphatic heterocycles. The molecule has 0 unspecified atom stereocenters. The fourth-order valence-corrected chi connectivity index (χ4v) is 2.40. The number of thiazole rings is 1. The monoisotopic (exact) mass is 207 g/mol. The Morgan fingerprint density at radius 2 is 2.00 bits per heavy atom. The number of phenolic OH excluding ortho intramolecular Hbond substituents is 2. The Kier molecular flexibility index (Phi) is 1.27. The van der Waals surface area contributed by atoms with Gasteiger partial charge >= 0.3 is 0 Å². The van der Waals surface area contributed by atoms with Crippen LogP contribution in [-0.2, 0) is 0 Å². The summed E-state index contributed by atoms with van der Waals surface area (Å²) in [6.07, 6.45) is 1.51. The van der Waals surface area contributed by atoms with E-state index in [0.29, 0.717) is 15.2 Å². The lowest BCUT2D eigenvalue weighted by atomic mass is 10.3. The van der Waals surface area contributed by atoms with Gasteiger partial charge in [0.15, 0.2) is 0 Å². The summed E-state index contributed by atoms with van der Waals surface area (Å²) in [5.41, 5.74) is 0.551. The molecule has 0 fully saturated rings. The SMILES string of the molecule is Oc1ccc(O)c2c1sc1nncn12. The van der Waals surface area contributed by atoms with E-state index in [1.54, 1.807) is 4.40 Å². The highest BCUT2D eigenvalue weighted by Gasteiger charge is 2.12. The number of aromatic nitrogens is 3. The number of phenols is 2. The Morgan fingerprint density at radius 3 is 2.86 bits per heavy atom. The summed E-state index contributed by atoms with van der Waals surface area (Å²) in [5.74, 6) is 0.261. The van der Waals surface area contributed by atoms with Crippen LogP contribution in [0, 0.1) is 0 Å². The van der Waals surface area contributed by atoms with Crippen LogP contribution in [0.3, 0.4) is 0 Å². The Morgan fingerprint density at radius 1 is 1.21 bits per heavy atom. The molecule has 3 rings (SSSR count). The summed E-state index contributed by atoms with van der Waals surface area (Å²) in [4.78, 5) is 0.650. The van der Waals surface area contributed by atoms with Crippen LogP contribution >= 0.6 is 11.3 Å². The smallest absolute Gasteiger partial charge is 0.217 e. The number of nitrogens with zero attached hydrogens (tertiary/aromatic N) is 3. The van der Waals surface area contributed by atoms with Crippen molar-refractivity contribution in [1.29, 1.82) is 0 Å². The summed E-state index contributed by atoms with van der Waals surface area (Å²) < 4.78 is 2.27. The molecule has 0 atom stereocenters. The van der Waals surface area contributed by atoms with Crippen molar-refractivity contribution in [2.75, 3.05) is 0 Å². The summed E-state index contributed by atoms with van der Waals surface area (Å²) >= 11 is 1.29. The molecule has 0 bridgehead atoms. The van der Waals surface area contributed by atoms with Gasteiger partial charge in [-0.2, -0.15) is 0 Å². The zero-order chi connectivity index (χ0) is 9.71. The first kappa shape index (κ1) is 7.57. The molecule has 1 aromatic carbocycles. The zero-order valence-corrected chi connectivity index (χ0v) is 7.69. The van der Waals surface area contributed by atoms with Crippen LogP contribution in [0.25, 0.3) is 15.2 Å². The van der Waals surface area contributed by atoms with Crippen LogP contribution in [0.1, 0.15) is 0 Å². The number of aromatic hydroxyl groups is 2. The summed E-state index contributed by atoms with van der Waals surface area (Å²) in [6.45, 7) is 0. The third kappa shape index (κ3) is 0.779. The topological polar surface area (TPSA) is 70.7 Å². The molecule has 0 radical (unpaired) electrons. The summed E-state index contributed by atoms with van der Waals surface area (Å²) in [6, 6.07) is 2.91. The van der Waals surface area contributed by atoms with Gasteiger partial charge in [0.05, 0.1) is 0 Å². The number of fused-ring (bicyclic) bond motifs is 3. The van der Waals surface area contributed by atoms with Crippen LogP contribution in [-0.4, -0.2) is 24.8 Å². The molecule has 14 heavy (non-hydrogen) atoms. The molecule has 0 aliphatic rings. The van der Waals surface area contributed by atoms with Gasteiger partial charge in [-0.05, 0) is 12.1 Å². The van der Waals surface area contributed by atoms with E-state index in [0.717, 1.165) is 0 Å². The predicted molar refractivity (Wildman–Crippen MR) is 51.7 cm³/mol. The first-order valence-corrected chi connectivity index (χ1v) is 4.72. The maximum absolute atomic E-state index is 9.62. The molecule has 3 aromatic rings. The number of hydrogen-bond acceptors (Lipinski definition) is 5. The second-order valence-electron chi connectivity index (χ2n) is 2.87. The lowest BCUT2D eigenvalue weighted by molar-refractivity contribution is 0.469. The Hall–Kier alpha value is -1.82. The standard InChI is InChI=1S/C8H5N3O2S/c12-4-1-2-5(13)7-6(4)11-3-9-10-8(11)14-7/h1-3,12-13H. The Labute approximate surface area is 81.9 Å². The van der Waals surface area contributed by atoms with Crippen molar-refractivity contribution in [1.82, 2.24) is 14.6 Å². The average Bonchev–Trinajstić information content (AvgIpc) is 2.70. The molecule has 0 spiro atoms. The molecule has 0 aliphatic carbocycles. The molecule has 6 heteroatoms. The van der Waals surface area contributed by atoms with E-state index in [2.05, 4.69) is 10.2 Å². The van der Waals surface area contributed by atoms with Crippen LogP contribution in [0.4, 0.5) is 0 Å². The summed E-state index contributed by atoms with van der Waals surface area (Å²) in [7, 11) is 0. The second kappa shape index (κ2) is 2.36. The van der Waals surface area contributed by atoms with Crippen LogP contribution in [0.2, 0.25) is 0 Å². The highest BCUT2D eigenvalue weighted by atomic mass is 32.1. The minimum absolute atomic E-state index is 0.115. The van der Waals surface area contributed by atoms with E-state index >= 15 is 0 Å². The zero-order valence-electron chi connectivity index (χ0n) is 6.88. The lowest BCUT2D eigenvalue weighted by Crippen LogP contribution is -1.78. The fraction of sp³-hybridized carbons (Fsp3) is 0. The normalized spacial score (nSPS) is 11.4. The predicted octanol–water partition coefficient (Wildman–Crippen LogP) is 1.36. The van der Waals surface area contributed by atoms with E-state index in [1.807, 2.05) is 0 Å². The van der Waals surface area contributed by atoms with Crippen molar-refractivity contribution in [2.24, 2.45) is 0 Å². The van der Waals surface area contributed by atoms with Gasteiger partial charge in [-0.1, -0.05) is 11.3 Å². The highest BCUT2D eigenvalue weighted by molar-refractivity contribution is 7.24. The third-order valence-electron chi connectivity index (χ3n) is 2.04. The largest absolute Gasteiger partial charge is 0.506 e. The van der Waals surface area contributed by atoms with Gasteiger partial charge < -0.3 is 10.2 Å². The van der Waals surface area contributed by atoms with Gasteiger partial charge in [0.1, 0.15) is 28.0 Å². The fourth-order valence-electron chi connectivity index (χ4n) is 1.42. The van der Waals surface area contributed by atoms with Gasteiger partial charge in [0.2, 0.25) is 4.96 Å². The quantitative estimate of drug-likeness (QED) is 0.546. The van der Waals surface area contributed by atoms with Gasteiger partial charge in [-0.15, -0.1) is 10.2 Å². The van der Waals surface area contributed by atoms with E-state index < -0.39 is 0 Å². The van der Waals surface area contributed by atoms with Crippen LogP contribution in [0.5, 0.6) is 11.5 Å². The maximum atomic E-state index is 9.62. The van der Waals surface area contributed by atoms with Crippen molar-refractivity contribution in [2.45, 2.75) is 0 Å². The molecule has 0 saturated heterocycles. The van der Waals surface area contributed by atoms with Gasteiger partial charge in [-0.25, -0.2) is 0 Å². The van der Waals surface area contributed by atoms with E-state index in [1.165, 1.54) is 29.8 Å². The molecular weight excluding hydrogens is 202 g/mol. The van der Waals surface area contributed by atoms with Gasteiger partial charge in [0.25, 0.3) is 0 Å². The van der Waals surface area contributed by atoms with Gasteiger partial charge in [0, 0.05) is 0 Å². The molecule has 2 N–H and O–H groups in total. The minimum Gasteiger partial charge on any atom is -0.506 e. The minimum atomic E-state index is 0.115. The molecule has 2 aromatic heterocycles. The molecular formula is C8H5N3O2S. The molecule has 70 valence electrons. The average molecular weight is 207 g/mol. The first-order valence-electron chi connectivity index (χ1n) is 3.90. The number of rotatable bonds is 0. The van der Waals surface area contributed by atoms with Crippen molar-refractivity contribution < 1.29 is 10.2 Å². The van der Waals surface area contributed by atoms with E-state index in [4.69, 9.17) is 0 Å². The van der Waals surface area contributed by atoms with E-state index in [9.17, 15) is 10.2 Å². The Bertz CT molecular complexity index is 628. The highest BCUT2D eigenvalue weighted by Crippen LogP contribution is 2.37. The maximum Gasteiger partial charge on any atom is 0.217 e. The van der Waals surface area contributed by atoms with Crippen molar-refractivity contribution >= 4 is 26.5 Å². The second-order valence-corrected chi connectivity index (χ2v) is 3.84. The van der Waals surface area contributed by atoms with Crippen molar-refractivity contribution in [3.8, 4) is 11.5 Å². The number of benzene rings is 1. The molecule has 5 nitrogen and oxygen atoms in total. The molecule has 0 amide bonds. The van der Waals surface area contributed by atoms with Crippen LogP contribution in [0.15, 0.2) is 18.5 Å². The molecule has 0 saturated carbocycles. The first-order chi connectivity index (χ1) is 6.77. The number of hydrogen-bond donors (Lipinski definition) is 2. The Balaban J connectivity index is 2.68. The van der Waals surface area contributed by atoms with Crippen LogP contribution < -0.4 is 0 Å². The van der Waals surface area contributed by atoms with Gasteiger partial charge in [-0.3, -0.25) is 4.40 Å². The van der Waals surface area contributed by atoms with Crippen molar-refractivity contribution in [3.05, 3.63) is 18.5 Å². The molecule has 2 heterocycles.